The van der Waals surface area contributed by atoms with Crippen molar-refractivity contribution in [2.45, 2.75) is 13.8 Å². The van der Waals surface area contributed by atoms with Gasteiger partial charge in [-0.1, -0.05) is 56.3 Å². The molecule has 0 unspecified atom stereocenters. The summed E-state index contributed by atoms with van der Waals surface area (Å²) in [6.45, 7) is 3.55. The zero-order valence-electron chi connectivity index (χ0n) is 19.0. The summed E-state index contributed by atoms with van der Waals surface area (Å²) in [4.78, 5) is 25.0. The highest BCUT2D eigenvalue weighted by molar-refractivity contribution is 5.99. The summed E-state index contributed by atoms with van der Waals surface area (Å²) in [6, 6.07) is 21.7. The molecular weight excluding hydrogens is 432 g/mol. The van der Waals surface area contributed by atoms with Gasteiger partial charge in [-0.3, -0.25) is 4.79 Å². The van der Waals surface area contributed by atoms with E-state index >= 15 is 0 Å². The van der Waals surface area contributed by atoms with E-state index in [9.17, 15) is 9.59 Å². The Morgan fingerprint density at radius 2 is 1.65 bits per heavy atom. The number of para-hydroxylation sites is 1. The van der Waals surface area contributed by atoms with Gasteiger partial charge in [0.15, 0.2) is 11.3 Å². The van der Waals surface area contributed by atoms with Gasteiger partial charge >= 0.3 is 11.6 Å². The van der Waals surface area contributed by atoms with Crippen molar-refractivity contribution >= 4 is 27.9 Å². The van der Waals surface area contributed by atoms with Crippen molar-refractivity contribution < 1.29 is 23.1 Å². The van der Waals surface area contributed by atoms with Crippen molar-refractivity contribution in [1.82, 2.24) is 0 Å². The molecule has 0 aliphatic carbocycles. The first-order valence-corrected chi connectivity index (χ1v) is 10.9. The predicted molar refractivity (Wildman–Crippen MR) is 130 cm³/mol. The SMILES string of the molecule is COc1cccc2cc(-c3cc(=O)oc4cc(-c5ccccc5)c(OC(=O)C(C)C)cc34)oc12. The number of carbonyl (C=O) groups is 1. The van der Waals surface area contributed by atoms with Crippen molar-refractivity contribution in [3.8, 4) is 33.9 Å². The summed E-state index contributed by atoms with van der Waals surface area (Å²) in [6.07, 6.45) is 0. The molecule has 2 heterocycles. The average Bonchev–Trinajstić information content (AvgIpc) is 3.28. The molecule has 0 aliphatic rings. The molecule has 0 bridgehead atoms. The van der Waals surface area contributed by atoms with Gasteiger partial charge in [-0.05, 0) is 29.8 Å². The fourth-order valence-electron chi connectivity index (χ4n) is 3.88. The minimum atomic E-state index is -0.513. The molecule has 6 heteroatoms. The highest BCUT2D eigenvalue weighted by Crippen LogP contribution is 2.40. The second kappa shape index (κ2) is 8.56. The highest BCUT2D eigenvalue weighted by Gasteiger charge is 2.20. The van der Waals surface area contributed by atoms with Gasteiger partial charge in [-0.15, -0.1) is 0 Å². The van der Waals surface area contributed by atoms with Crippen LogP contribution in [0, 0.1) is 5.92 Å². The predicted octanol–water partition coefficient (Wildman–Crippen LogP) is 6.44. The number of methoxy groups -OCH3 is 1. The number of furan rings is 1. The van der Waals surface area contributed by atoms with E-state index in [-0.39, 0.29) is 11.9 Å². The molecule has 0 aliphatic heterocycles. The van der Waals surface area contributed by atoms with E-state index in [2.05, 4.69) is 0 Å². The van der Waals surface area contributed by atoms with Gasteiger partial charge in [-0.2, -0.15) is 0 Å². The Bertz CT molecular complexity index is 1570. The van der Waals surface area contributed by atoms with Crippen LogP contribution in [0.4, 0.5) is 0 Å². The number of benzene rings is 3. The van der Waals surface area contributed by atoms with Gasteiger partial charge in [-0.25, -0.2) is 4.79 Å². The van der Waals surface area contributed by atoms with Crippen molar-refractivity contribution in [3.05, 3.63) is 83.2 Å². The van der Waals surface area contributed by atoms with E-state index in [4.69, 9.17) is 18.3 Å². The number of esters is 1. The molecule has 170 valence electrons. The van der Waals surface area contributed by atoms with Gasteiger partial charge in [0.1, 0.15) is 17.1 Å². The second-order valence-electron chi connectivity index (χ2n) is 8.25. The largest absolute Gasteiger partial charge is 0.493 e. The molecule has 0 fully saturated rings. The monoisotopic (exact) mass is 454 g/mol. The fraction of sp³-hybridized carbons (Fsp3) is 0.143. The van der Waals surface area contributed by atoms with Gasteiger partial charge in [0.25, 0.3) is 0 Å². The molecule has 0 saturated carbocycles. The zero-order chi connectivity index (χ0) is 23.8. The van der Waals surface area contributed by atoms with Crippen molar-refractivity contribution in [3.63, 3.8) is 0 Å². The fourth-order valence-corrected chi connectivity index (χ4v) is 3.88. The lowest BCUT2D eigenvalue weighted by molar-refractivity contribution is -0.137. The van der Waals surface area contributed by atoms with Crippen LogP contribution in [-0.2, 0) is 4.79 Å². The van der Waals surface area contributed by atoms with Crippen LogP contribution in [0.2, 0.25) is 0 Å². The number of hydrogen-bond acceptors (Lipinski definition) is 6. The van der Waals surface area contributed by atoms with E-state index in [0.717, 1.165) is 10.9 Å². The van der Waals surface area contributed by atoms with Crippen molar-refractivity contribution in [1.29, 1.82) is 0 Å². The molecule has 0 radical (unpaired) electrons. The lowest BCUT2D eigenvalue weighted by atomic mass is 10.00. The van der Waals surface area contributed by atoms with Crippen molar-refractivity contribution in [2.75, 3.05) is 7.11 Å². The molecule has 0 atom stereocenters. The Morgan fingerprint density at radius 3 is 2.38 bits per heavy atom. The average molecular weight is 454 g/mol. The maximum Gasteiger partial charge on any atom is 0.336 e. The van der Waals surface area contributed by atoms with Crippen LogP contribution < -0.4 is 15.1 Å². The molecule has 5 aromatic rings. The number of hydrogen-bond donors (Lipinski definition) is 0. The van der Waals surface area contributed by atoms with E-state index < -0.39 is 5.63 Å². The van der Waals surface area contributed by atoms with E-state index in [0.29, 0.717) is 44.9 Å². The Labute approximate surface area is 195 Å². The van der Waals surface area contributed by atoms with Gasteiger partial charge in [0.2, 0.25) is 0 Å². The molecule has 3 aromatic carbocycles. The van der Waals surface area contributed by atoms with Crippen LogP contribution in [0.5, 0.6) is 11.5 Å². The van der Waals surface area contributed by atoms with Crippen molar-refractivity contribution in [2.24, 2.45) is 5.92 Å². The third kappa shape index (κ3) is 3.83. The third-order valence-corrected chi connectivity index (χ3v) is 5.60. The molecule has 0 spiro atoms. The molecule has 2 aromatic heterocycles. The molecule has 34 heavy (non-hydrogen) atoms. The summed E-state index contributed by atoms with van der Waals surface area (Å²) < 4.78 is 22.8. The lowest BCUT2D eigenvalue weighted by Gasteiger charge is -2.14. The Balaban J connectivity index is 1.77. The molecular formula is C28H22O6. The number of fused-ring (bicyclic) bond motifs is 2. The highest BCUT2D eigenvalue weighted by atomic mass is 16.5. The molecule has 0 N–H and O–H groups in total. The van der Waals surface area contributed by atoms with E-state index in [1.165, 1.54) is 6.07 Å². The Kier molecular flexibility index (Phi) is 5.42. The van der Waals surface area contributed by atoms with Gasteiger partial charge in [0.05, 0.1) is 13.0 Å². The van der Waals surface area contributed by atoms with Crippen LogP contribution in [0.15, 0.2) is 86.4 Å². The standard InChI is InChI=1S/C28H22O6/c1-16(2)28(30)34-24-14-20-21(23-12-18-10-7-11-22(31-3)27(18)33-23)15-26(29)32-25(20)13-19(24)17-8-5-4-6-9-17/h4-16H,1-3H3. The maximum atomic E-state index is 12.5. The van der Waals surface area contributed by atoms with E-state index in [1.807, 2.05) is 54.6 Å². The van der Waals surface area contributed by atoms with Crippen LogP contribution in [0.3, 0.4) is 0 Å². The number of ether oxygens (including phenoxy) is 2. The Hall–Kier alpha value is -4.32. The smallest absolute Gasteiger partial charge is 0.336 e. The topological polar surface area (TPSA) is 78.9 Å². The first-order valence-electron chi connectivity index (χ1n) is 10.9. The normalized spacial score (nSPS) is 11.3. The van der Waals surface area contributed by atoms with Crippen LogP contribution in [0.25, 0.3) is 44.4 Å². The molecule has 5 rings (SSSR count). The first-order chi connectivity index (χ1) is 16.4. The zero-order valence-corrected chi connectivity index (χ0v) is 19.0. The summed E-state index contributed by atoms with van der Waals surface area (Å²) in [7, 11) is 1.57. The van der Waals surface area contributed by atoms with E-state index in [1.54, 1.807) is 33.1 Å². The van der Waals surface area contributed by atoms with Gasteiger partial charge < -0.3 is 18.3 Å². The Morgan fingerprint density at radius 1 is 0.853 bits per heavy atom. The first kappa shape index (κ1) is 21.5. The molecule has 0 amide bonds. The summed E-state index contributed by atoms with van der Waals surface area (Å²) in [5.74, 6) is 0.778. The van der Waals surface area contributed by atoms with Crippen LogP contribution >= 0.6 is 0 Å². The lowest BCUT2D eigenvalue weighted by Crippen LogP contribution is -2.15. The summed E-state index contributed by atoms with van der Waals surface area (Å²) in [5.41, 5.74) is 2.44. The quantitative estimate of drug-likeness (QED) is 0.173. The minimum absolute atomic E-state index is 0.310. The number of rotatable bonds is 5. The van der Waals surface area contributed by atoms with Gasteiger partial charge in [0, 0.05) is 28.0 Å². The minimum Gasteiger partial charge on any atom is -0.493 e. The molecule has 0 saturated heterocycles. The second-order valence-corrected chi connectivity index (χ2v) is 8.25. The maximum absolute atomic E-state index is 12.5. The summed E-state index contributed by atoms with van der Waals surface area (Å²) >= 11 is 0. The third-order valence-electron chi connectivity index (χ3n) is 5.60. The molecule has 6 nitrogen and oxygen atoms in total. The van der Waals surface area contributed by atoms with Crippen LogP contribution in [-0.4, -0.2) is 13.1 Å². The summed E-state index contributed by atoms with van der Waals surface area (Å²) in [5, 5.41) is 1.42. The van der Waals surface area contributed by atoms with Crippen LogP contribution in [0.1, 0.15) is 13.8 Å². The number of carbonyl (C=O) groups excluding carboxylic acids is 1.